The third kappa shape index (κ3) is 5.43. The fraction of sp³-hybridized carbons (Fsp3) is 0.458. The maximum Gasteiger partial charge on any atom is 0.273 e. The molecule has 1 aromatic carbocycles. The van der Waals surface area contributed by atoms with Crippen molar-refractivity contribution in [3.05, 3.63) is 54.0 Å². The first-order chi connectivity index (χ1) is 16.6. The van der Waals surface area contributed by atoms with Gasteiger partial charge in [0.15, 0.2) is 17.7 Å². The number of aliphatic imine (C=N–C) groups is 1. The van der Waals surface area contributed by atoms with Crippen LogP contribution in [0.2, 0.25) is 0 Å². The molecule has 178 valence electrons. The Labute approximate surface area is 199 Å². The first-order valence-corrected chi connectivity index (χ1v) is 11.6. The van der Waals surface area contributed by atoms with Crippen LogP contribution in [0.3, 0.4) is 0 Å². The van der Waals surface area contributed by atoms with E-state index in [0.29, 0.717) is 32.1 Å². The Morgan fingerprint density at radius 3 is 2.71 bits per heavy atom. The summed E-state index contributed by atoms with van der Waals surface area (Å²) < 4.78 is 5.66. The van der Waals surface area contributed by atoms with Gasteiger partial charge in [-0.1, -0.05) is 30.3 Å². The van der Waals surface area contributed by atoms with E-state index in [0.717, 1.165) is 37.9 Å². The van der Waals surface area contributed by atoms with E-state index in [1.165, 1.54) is 12.4 Å². The number of nitrogens with two attached hydrogens (primary N) is 1. The number of amides is 1. The van der Waals surface area contributed by atoms with E-state index in [9.17, 15) is 10.1 Å². The fourth-order valence-corrected chi connectivity index (χ4v) is 4.61. The van der Waals surface area contributed by atoms with Crippen molar-refractivity contribution in [3.63, 3.8) is 0 Å². The molecule has 10 heteroatoms. The average molecular weight is 463 g/mol. The molecule has 2 aliphatic rings. The van der Waals surface area contributed by atoms with Crippen molar-refractivity contribution in [3.8, 4) is 6.19 Å². The lowest BCUT2D eigenvalue weighted by Crippen LogP contribution is -2.52. The van der Waals surface area contributed by atoms with E-state index in [1.807, 2.05) is 24.4 Å². The molecule has 0 bridgehead atoms. The molecule has 2 fully saturated rings. The topological polar surface area (TPSA) is 142 Å². The van der Waals surface area contributed by atoms with Gasteiger partial charge < -0.3 is 20.7 Å². The van der Waals surface area contributed by atoms with Crippen LogP contribution in [0.15, 0.2) is 47.7 Å². The van der Waals surface area contributed by atoms with E-state index < -0.39 is 0 Å². The number of benzene rings is 1. The zero-order chi connectivity index (χ0) is 23.8. The molecule has 4 rings (SSSR count). The molecule has 0 aliphatic carbocycles. The number of carbonyl (C=O) groups excluding carboxylic acids is 1. The van der Waals surface area contributed by atoms with E-state index in [-0.39, 0.29) is 28.9 Å². The summed E-state index contributed by atoms with van der Waals surface area (Å²) in [5.74, 6) is 0.350. The Balaban J connectivity index is 1.47. The summed E-state index contributed by atoms with van der Waals surface area (Å²) in [6.07, 6.45) is 8.65. The molecular formula is C24H30N8O2. The minimum absolute atomic E-state index is 0.109. The summed E-state index contributed by atoms with van der Waals surface area (Å²) in [6, 6.07) is 10.2. The minimum Gasteiger partial charge on any atom is -0.382 e. The Morgan fingerprint density at radius 1 is 1.26 bits per heavy atom. The van der Waals surface area contributed by atoms with Crippen molar-refractivity contribution in [2.45, 2.75) is 37.2 Å². The predicted octanol–water partition coefficient (Wildman–Crippen LogP) is 1.43. The first kappa shape index (κ1) is 23.4. The van der Waals surface area contributed by atoms with Gasteiger partial charge in [-0.15, -0.1) is 0 Å². The molecule has 0 saturated carbocycles. The number of nitrogens with one attached hydrogen (secondary N) is 2. The average Bonchev–Trinajstić information content (AvgIpc) is 3.40. The van der Waals surface area contributed by atoms with Crippen LogP contribution in [-0.2, 0) is 10.2 Å². The SMILES string of the molecule is N#CNC(=NCC1CCCO1)N1CCC(CNC(=O)c2nccnc2N)(c2ccccc2)CC1. The molecule has 0 spiro atoms. The van der Waals surface area contributed by atoms with Gasteiger partial charge in [-0.25, -0.2) is 15.0 Å². The Bertz CT molecular complexity index is 1040. The third-order valence-corrected chi connectivity index (χ3v) is 6.57. The van der Waals surface area contributed by atoms with Crippen LogP contribution >= 0.6 is 0 Å². The molecule has 2 saturated heterocycles. The van der Waals surface area contributed by atoms with Gasteiger partial charge in [0, 0.05) is 44.0 Å². The zero-order valence-corrected chi connectivity index (χ0v) is 19.1. The summed E-state index contributed by atoms with van der Waals surface area (Å²) in [7, 11) is 0. The highest BCUT2D eigenvalue weighted by molar-refractivity contribution is 5.96. The minimum atomic E-state index is -0.340. The van der Waals surface area contributed by atoms with Crippen molar-refractivity contribution >= 4 is 17.7 Å². The first-order valence-electron chi connectivity index (χ1n) is 11.6. The lowest BCUT2D eigenvalue weighted by Gasteiger charge is -2.43. The Kier molecular flexibility index (Phi) is 7.54. The third-order valence-electron chi connectivity index (χ3n) is 6.57. The van der Waals surface area contributed by atoms with Crippen LogP contribution in [0.1, 0.15) is 41.7 Å². The highest BCUT2D eigenvalue weighted by Crippen LogP contribution is 2.35. The molecule has 2 aliphatic heterocycles. The van der Waals surface area contributed by atoms with Gasteiger partial charge in [-0.2, -0.15) is 5.26 Å². The molecule has 1 atom stereocenters. The van der Waals surface area contributed by atoms with Crippen molar-refractivity contribution in [1.29, 1.82) is 5.26 Å². The standard InChI is InChI=1S/C24H30N8O2/c25-17-31-23(29-15-19-7-4-14-34-19)32-12-8-24(9-13-32,18-5-2-1-3-6-18)16-30-22(33)20-21(26)28-11-10-27-20/h1-3,5-6,10-11,19H,4,7-9,12-16H2,(H2,26,28)(H,29,31)(H,30,33). The number of nitrogen functional groups attached to an aromatic ring is 1. The highest BCUT2D eigenvalue weighted by Gasteiger charge is 2.37. The zero-order valence-electron chi connectivity index (χ0n) is 19.1. The molecule has 0 radical (unpaired) electrons. The number of ether oxygens (including phenoxy) is 1. The molecule has 34 heavy (non-hydrogen) atoms. The van der Waals surface area contributed by atoms with Crippen molar-refractivity contribution in [2.75, 3.05) is 38.5 Å². The number of likely N-dealkylation sites (tertiary alicyclic amines) is 1. The maximum absolute atomic E-state index is 12.8. The van der Waals surface area contributed by atoms with Gasteiger partial charge in [0.25, 0.3) is 5.91 Å². The normalized spacial score (nSPS) is 19.9. The van der Waals surface area contributed by atoms with Crippen LogP contribution < -0.4 is 16.4 Å². The Hall–Kier alpha value is -3.71. The number of hydrogen-bond acceptors (Lipinski definition) is 7. The van der Waals surface area contributed by atoms with Crippen LogP contribution in [0, 0.1) is 11.5 Å². The number of aromatic nitrogens is 2. The number of guanidine groups is 1. The highest BCUT2D eigenvalue weighted by atomic mass is 16.5. The number of rotatable bonds is 6. The lowest BCUT2D eigenvalue weighted by atomic mass is 9.72. The second-order valence-corrected chi connectivity index (χ2v) is 8.64. The van der Waals surface area contributed by atoms with Crippen LogP contribution in [-0.4, -0.2) is 65.6 Å². The number of piperidine rings is 1. The smallest absolute Gasteiger partial charge is 0.273 e. The van der Waals surface area contributed by atoms with E-state index >= 15 is 0 Å². The van der Waals surface area contributed by atoms with E-state index in [2.05, 4.69) is 42.6 Å². The largest absolute Gasteiger partial charge is 0.382 e. The summed E-state index contributed by atoms with van der Waals surface area (Å²) in [4.78, 5) is 27.5. The summed E-state index contributed by atoms with van der Waals surface area (Å²) in [6.45, 7) is 3.14. The summed E-state index contributed by atoms with van der Waals surface area (Å²) in [5, 5.41) is 15.0. The van der Waals surface area contributed by atoms with Crippen molar-refractivity contribution in [1.82, 2.24) is 25.5 Å². The number of hydrogen-bond donors (Lipinski definition) is 3. The Morgan fingerprint density at radius 2 is 2.03 bits per heavy atom. The van der Waals surface area contributed by atoms with Crippen molar-refractivity contribution < 1.29 is 9.53 Å². The van der Waals surface area contributed by atoms with E-state index in [4.69, 9.17) is 10.5 Å². The number of nitrogens with zero attached hydrogens (tertiary/aromatic N) is 5. The molecule has 1 amide bonds. The molecule has 1 unspecified atom stereocenters. The second-order valence-electron chi connectivity index (χ2n) is 8.64. The maximum atomic E-state index is 12.8. The van der Waals surface area contributed by atoms with Crippen LogP contribution in [0.4, 0.5) is 5.82 Å². The number of nitriles is 1. The predicted molar refractivity (Wildman–Crippen MR) is 128 cm³/mol. The molecule has 3 heterocycles. The monoisotopic (exact) mass is 462 g/mol. The van der Waals surface area contributed by atoms with Gasteiger partial charge in [0.2, 0.25) is 5.96 Å². The summed E-state index contributed by atoms with van der Waals surface area (Å²) in [5.41, 5.74) is 6.85. The summed E-state index contributed by atoms with van der Waals surface area (Å²) >= 11 is 0. The van der Waals surface area contributed by atoms with Gasteiger partial charge in [-0.05, 0) is 31.2 Å². The molecule has 4 N–H and O–H groups in total. The van der Waals surface area contributed by atoms with Gasteiger partial charge in [0.1, 0.15) is 0 Å². The molecule has 10 nitrogen and oxygen atoms in total. The lowest BCUT2D eigenvalue weighted by molar-refractivity contribution is 0.0927. The van der Waals surface area contributed by atoms with Crippen LogP contribution in [0.5, 0.6) is 0 Å². The molecule has 2 aromatic rings. The number of carbonyl (C=O) groups is 1. The molecular weight excluding hydrogens is 432 g/mol. The fourth-order valence-electron chi connectivity index (χ4n) is 4.61. The van der Waals surface area contributed by atoms with Gasteiger partial charge in [0.05, 0.1) is 12.6 Å². The van der Waals surface area contributed by atoms with Gasteiger partial charge in [-0.3, -0.25) is 10.1 Å². The van der Waals surface area contributed by atoms with Crippen molar-refractivity contribution in [2.24, 2.45) is 4.99 Å². The quantitative estimate of drug-likeness (QED) is 0.253. The molecule has 1 aromatic heterocycles. The second kappa shape index (κ2) is 10.9. The van der Waals surface area contributed by atoms with E-state index in [1.54, 1.807) is 0 Å². The number of anilines is 1. The van der Waals surface area contributed by atoms with Gasteiger partial charge >= 0.3 is 0 Å². The van der Waals surface area contributed by atoms with Crippen LogP contribution in [0.25, 0.3) is 0 Å².